The maximum atomic E-state index is 6.39. The number of nitrogens with two attached hydrogens (primary N) is 1. The molecule has 2 aromatic carbocycles. The summed E-state index contributed by atoms with van der Waals surface area (Å²) < 4.78 is 6.40. The molecule has 0 fully saturated rings. The molecular formula is C16H12BrClN2O. The molecule has 3 aromatic rings. The van der Waals surface area contributed by atoms with Crippen LogP contribution in [0.15, 0.2) is 51.5 Å². The van der Waals surface area contributed by atoms with Gasteiger partial charge in [-0.1, -0.05) is 57.0 Å². The molecule has 0 atom stereocenters. The van der Waals surface area contributed by atoms with E-state index in [0.29, 0.717) is 16.6 Å². The van der Waals surface area contributed by atoms with Crippen molar-refractivity contribution in [1.29, 1.82) is 0 Å². The topological polar surface area (TPSA) is 52.0 Å². The summed E-state index contributed by atoms with van der Waals surface area (Å²) in [5.74, 6) is 0.931. The van der Waals surface area contributed by atoms with Gasteiger partial charge in [0, 0.05) is 10.0 Å². The van der Waals surface area contributed by atoms with Gasteiger partial charge in [0.15, 0.2) is 11.6 Å². The number of benzene rings is 2. The summed E-state index contributed by atoms with van der Waals surface area (Å²) in [4.78, 5) is 0. The van der Waals surface area contributed by atoms with Gasteiger partial charge >= 0.3 is 0 Å². The number of anilines is 1. The van der Waals surface area contributed by atoms with E-state index >= 15 is 0 Å². The summed E-state index contributed by atoms with van der Waals surface area (Å²) in [6.07, 6.45) is 0. The van der Waals surface area contributed by atoms with E-state index in [4.69, 9.17) is 21.9 Å². The van der Waals surface area contributed by atoms with E-state index in [1.807, 2.05) is 49.4 Å². The molecule has 1 aromatic heterocycles. The monoisotopic (exact) mass is 362 g/mol. The van der Waals surface area contributed by atoms with Crippen molar-refractivity contribution < 1.29 is 4.52 Å². The lowest BCUT2D eigenvalue weighted by molar-refractivity contribution is 0.436. The quantitative estimate of drug-likeness (QED) is 0.671. The number of aryl methyl sites for hydroxylation is 1. The lowest BCUT2D eigenvalue weighted by atomic mass is 10.0. The van der Waals surface area contributed by atoms with Gasteiger partial charge in [-0.15, -0.1) is 0 Å². The van der Waals surface area contributed by atoms with Gasteiger partial charge in [0.05, 0.1) is 10.6 Å². The van der Waals surface area contributed by atoms with Crippen molar-refractivity contribution in [3.05, 3.63) is 57.5 Å². The molecule has 3 nitrogen and oxygen atoms in total. The molecule has 2 N–H and O–H groups in total. The number of aromatic nitrogens is 1. The van der Waals surface area contributed by atoms with E-state index in [1.54, 1.807) is 0 Å². The van der Waals surface area contributed by atoms with Crippen molar-refractivity contribution in [2.75, 3.05) is 5.73 Å². The van der Waals surface area contributed by atoms with E-state index in [0.717, 1.165) is 26.7 Å². The number of nitrogens with zero attached hydrogens (tertiary/aromatic N) is 1. The summed E-state index contributed by atoms with van der Waals surface area (Å²) in [7, 11) is 0. The van der Waals surface area contributed by atoms with Crippen molar-refractivity contribution in [2.24, 2.45) is 0 Å². The Labute approximate surface area is 135 Å². The third-order valence-electron chi connectivity index (χ3n) is 3.27. The first-order chi connectivity index (χ1) is 10.1. The van der Waals surface area contributed by atoms with Crippen LogP contribution in [0, 0.1) is 6.92 Å². The first-order valence-electron chi connectivity index (χ1n) is 6.34. The van der Waals surface area contributed by atoms with Crippen molar-refractivity contribution in [2.45, 2.75) is 6.92 Å². The standard InChI is InChI=1S/C16H12BrClN2O/c1-9-4-2-7-12(14(9)18)15-13(16(19)20-21-15)10-5-3-6-11(17)8-10/h2-8H,1H3,(H2,19,20). The van der Waals surface area contributed by atoms with Crippen molar-refractivity contribution in [1.82, 2.24) is 5.16 Å². The normalized spacial score (nSPS) is 10.8. The molecule has 0 aliphatic carbocycles. The summed E-state index contributed by atoms with van der Waals surface area (Å²) in [5, 5.41) is 4.54. The molecule has 0 spiro atoms. The molecule has 0 aliphatic rings. The first kappa shape index (κ1) is 14.2. The van der Waals surface area contributed by atoms with E-state index in [1.165, 1.54) is 0 Å². The van der Waals surface area contributed by atoms with Crippen LogP contribution in [0.5, 0.6) is 0 Å². The van der Waals surface area contributed by atoms with Crippen LogP contribution < -0.4 is 5.73 Å². The van der Waals surface area contributed by atoms with E-state index in [-0.39, 0.29) is 0 Å². The third-order valence-corrected chi connectivity index (χ3v) is 4.26. The van der Waals surface area contributed by atoms with Gasteiger partial charge in [-0.25, -0.2) is 0 Å². The van der Waals surface area contributed by atoms with Crippen LogP contribution in [0.3, 0.4) is 0 Å². The number of halogens is 2. The number of rotatable bonds is 2. The third kappa shape index (κ3) is 2.57. The van der Waals surface area contributed by atoms with Gasteiger partial charge in [0.25, 0.3) is 0 Å². The Balaban J connectivity index is 2.24. The van der Waals surface area contributed by atoms with Crippen molar-refractivity contribution in [3.8, 4) is 22.5 Å². The van der Waals surface area contributed by atoms with Gasteiger partial charge in [-0.05, 0) is 36.2 Å². The van der Waals surface area contributed by atoms with Crippen LogP contribution in [0.25, 0.3) is 22.5 Å². The molecule has 0 saturated heterocycles. The Hall–Kier alpha value is -1.78. The molecule has 0 amide bonds. The fourth-order valence-corrected chi connectivity index (χ4v) is 2.84. The molecule has 0 bridgehead atoms. The molecule has 1 heterocycles. The fraction of sp³-hybridized carbons (Fsp3) is 0.0625. The lowest BCUT2D eigenvalue weighted by Crippen LogP contribution is -1.89. The first-order valence-corrected chi connectivity index (χ1v) is 7.51. The fourth-order valence-electron chi connectivity index (χ4n) is 2.23. The lowest BCUT2D eigenvalue weighted by Gasteiger charge is -2.07. The van der Waals surface area contributed by atoms with E-state index in [2.05, 4.69) is 21.1 Å². The highest BCUT2D eigenvalue weighted by Crippen LogP contribution is 2.40. The van der Waals surface area contributed by atoms with Gasteiger partial charge in [-0.2, -0.15) is 0 Å². The summed E-state index contributed by atoms with van der Waals surface area (Å²) in [5.41, 5.74) is 9.43. The highest BCUT2D eigenvalue weighted by Gasteiger charge is 2.20. The summed E-state index contributed by atoms with van der Waals surface area (Å²) in [6, 6.07) is 13.6. The van der Waals surface area contributed by atoms with Crippen LogP contribution in [-0.4, -0.2) is 5.16 Å². The van der Waals surface area contributed by atoms with E-state index < -0.39 is 0 Å². The highest BCUT2D eigenvalue weighted by atomic mass is 79.9. The maximum absolute atomic E-state index is 6.39. The Bertz CT molecular complexity index is 814. The molecule has 5 heteroatoms. The molecule has 3 rings (SSSR count). The molecular weight excluding hydrogens is 352 g/mol. The Morgan fingerprint density at radius 3 is 2.71 bits per heavy atom. The van der Waals surface area contributed by atoms with Crippen LogP contribution in [0.1, 0.15) is 5.56 Å². The highest BCUT2D eigenvalue weighted by molar-refractivity contribution is 9.10. The largest absolute Gasteiger partial charge is 0.380 e. The average Bonchev–Trinajstić information content (AvgIpc) is 2.83. The van der Waals surface area contributed by atoms with Crippen LogP contribution in [0.4, 0.5) is 5.82 Å². The zero-order chi connectivity index (χ0) is 15.0. The Kier molecular flexibility index (Phi) is 3.74. The Morgan fingerprint density at radius 2 is 1.95 bits per heavy atom. The molecule has 106 valence electrons. The van der Waals surface area contributed by atoms with E-state index in [9.17, 15) is 0 Å². The molecule has 0 aliphatic heterocycles. The summed E-state index contributed by atoms with van der Waals surface area (Å²) >= 11 is 9.85. The number of nitrogen functional groups attached to an aromatic ring is 1. The maximum Gasteiger partial charge on any atom is 0.178 e. The second kappa shape index (κ2) is 5.54. The van der Waals surface area contributed by atoms with Gasteiger partial charge in [-0.3, -0.25) is 0 Å². The second-order valence-electron chi connectivity index (χ2n) is 4.72. The number of hydrogen-bond donors (Lipinski definition) is 1. The molecule has 21 heavy (non-hydrogen) atoms. The smallest absolute Gasteiger partial charge is 0.178 e. The minimum Gasteiger partial charge on any atom is -0.380 e. The predicted octanol–water partition coefficient (Wildman–Crippen LogP) is 5.32. The summed E-state index contributed by atoms with van der Waals surface area (Å²) in [6.45, 7) is 1.95. The van der Waals surface area contributed by atoms with Crippen molar-refractivity contribution >= 4 is 33.3 Å². The molecule has 0 unspecified atom stereocenters. The second-order valence-corrected chi connectivity index (χ2v) is 6.01. The van der Waals surface area contributed by atoms with Crippen molar-refractivity contribution in [3.63, 3.8) is 0 Å². The molecule has 0 radical (unpaired) electrons. The molecule has 0 saturated carbocycles. The zero-order valence-electron chi connectivity index (χ0n) is 11.2. The zero-order valence-corrected chi connectivity index (χ0v) is 13.6. The van der Waals surface area contributed by atoms with Crippen LogP contribution >= 0.6 is 27.5 Å². The SMILES string of the molecule is Cc1cccc(-c2onc(N)c2-c2cccc(Br)c2)c1Cl. The van der Waals surface area contributed by atoms with Crippen LogP contribution in [-0.2, 0) is 0 Å². The van der Waals surface area contributed by atoms with Crippen LogP contribution in [0.2, 0.25) is 5.02 Å². The van der Waals surface area contributed by atoms with Gasteiger partial charge < -0.3 is 10.3 Å². The predicted molar refractivity (Wildman–Crippen MR) is 89.2 cm³/mol. The van der Waals surface area contributed by atoms with Gasteiger partial charge in [0.1, 0.15) is 0 Å². The minimum absolute atomic E-state index is 0.348. The number of hydrogen-bond acceptors (Lipinski definition) is 3. The Morgan fingerprint density at radius 1 is 1.19 bits per heavy atom. The average molecular weight is 364 g/mol. The van der Waals surface area contributed by atoms with Gasteiger partial charge in [0.2, 0.25) is 0 Å². The minimum atomic E-state index is 0.348.